The van der Waals surface area contributed by atoms with Gasteiger partial charge in [0.05, 0.1) is 11.1 Å². The molecule has 0 aliphatic carbocycles. The number of nitrogens with zero attached hydrogens (tertiary/aromatic N) is 1. The van der Waals surface area contributed by atoms with Gasteiger partial charge < -0.3 is 20.0 Å². The van der Waals surface area contributed by atoms with E-state index in [2.05, 4.69) is 0 Å². The Morgan fingerprint density at radius 1 is 1.13 bits per heavy atom. The second kappa shape index (κ2) is 9.09. The van der Waals surface area contributed by atoms with Gasteiger partial charge in [0.2, 0.25) is 0 Å². The summed E-state index contributed by atoms with van der Waals surface area (Å²) in [6.45, 7) is 1.31. The van der Waals surface area contributed by atoms with Crippen LogP contribution in [0, 0.1) is 0 Å². The molecule has 2 heterocycles. The lowest BCUT2D eigenvalue weighted by Crippen LogP contribution is -2.24. The number of rotatable bonds is 9. The minimum absolute atomic E-state index is 0.161. The van der Waals surface area contributed by atoms with Gasteiger partial charge in [-0.2, -0.15) is 0 Å². The molecule has 0 saturated carbocycles. The topological polar surface area (TPSA) is 111 Å². The predicted octanol–water partition coefficient (Wildman–Crippen LogP) is 2.89. The Morgan fingerprint density at radius 2 is 1.87 bits per heavy atom. The summed E-state index contributed by atoms with van der Waals surface area (Å²) in [6, 6.07) is 13.1. The van der Waals surface area contributed by atoms with Crippen molar-refractivity contribution in [2.45, 2.75) is 19.8 Å². The Bertz CT molecular complexity index is 1130. The third kappa shape index (κ3) is 4.25. The van der Waals surface area contributed by atoms with Crippen LogP contribution in [0.4, 0.5) is 0 Å². The van der Waals surface area contributed by atoms with E-state index >= 15 is 0 Å². The number of allylic oxidation sites excluding steroid dienone is 1. The quantitative estimate of drug-likeness (QED) is 0.419. The standard InChI is InChI=1S/C23H22N2O5/c1-2-16-17(11-6-10-15-8-4-3-5-9-15)25-13-7-12-18(30-14-19(26)27)21(25)20(16)22(28)23(24)29/h3-10,12-13H,2,11,14H2,1H3,(H2,24,29)(H,26,27). The number of carboxylic acid groups (broad SMARTS) is 1. The van der Waals surface area contributed by atoms with Crippen LogP contribution in [0.3, 0.4) is 0 Å². The molecule has 0 atom stereocenters. The summed E-state index contributed by atoms with van der Waals surface area (Å²) in [5.74, 6) is -2.84. The van der Waals surface area contributed by atoms with Gasteiger partial charge in [-0.25, -0.2) is 4.79 Å². The summed E-state index contributed by atoms with van der Waals surface area (Å²) in [4.78, 5) is 35.3. The van der Waals surface area contributed by atoms with Crippen LogP contribution in [-0.2, 0) is 22.4 Å². The lowest BCUT2D eigenvalue weighted by atomic mass is 10.0. The first-order chi connectivity index (χ1) is 14.4. The zero-order valence-corrected chi connectivity index (χ0v) is 16.5. The van der Waals surface area contributed by atoms with E-state index in [0.29, 0.717) is 23.9 Å². The zero-order chi connectivity index (χ0) is 21.7. The molecule has 3 rings (SSSR count). The van der Waals surface area contributed by atoms with Gasteiger partial charge in [0.1, 0.15) is 5.75 Å². The fourth-order valence-electron chi connectivity index (χ4n) is 3.49. The molecule has 7 heteroatoms. The van der Waals surface area contributed by atoms with Crippen LogP contribution < -0.4 is 10.5 Å². The van der Waals surface area contributed by atoms with Gasteiger partial charge in [0.15, 0.2) is 6.61 Å². The van der Waals surface area contributed by atoms with Gasteiger partial charge in [-0.1, -0.05) is 49.4 Å². The van der Waals surface area contributed by atoms with E-state index in [4.69, 9.17) is 15.6 Å². The van der Waals surface area contributed by atoms with Crippen molar-refractivity contribution in [1.82, 2.24) is 4.40 Å². The van der Waals surface area contributed by atoms with E-state index in [1.54, 1.807) is 22.7 Å². The third-order valence-corrected chi connectivity index (χ3v) is 4.71. The fourth-order valence-corrected chi connectivity index (χ4v) is 3.49. The first-order valence-corrected chi connectivity index (χ1v) is 9.49. The maximum atomic E-state index is 12.7. The molecule has 0 spiro atoms. The Balaban J connectivity index is 2.15. The summed E-state index contributed by atoms with van der Waals surface area (Å²) in [5, 5.41) is 8.96. The number of pyridine rings is 1. The summed E-state index contributed by atoms with van der Waals surface area (Å²) >= 11 is 0. The molecule has 1 amide bonds. The highest BCUT2D eigenvalue weighted by Gasteiger charge is 2.27. The number of carbonyl (C=O) groups excluding carboxylic acids is 2. The molecular formula is C23H22N2O5. The molecule has 3 aromatic rings. The van der Waals surface area contributed by atoms with E-state index in [-0.39, 0.29) is 11.3 Å². The number of hydrogen-bond donors (Lipinski definition) is 2. The molecule has 0 fully saturated rings. The number of ketones is 1. The number of Topliss-reactive ketones (excluding diaryl/α,β-unsaturated/α-hetero) is 1. The average molecular weight is 406 g/mol. The number of carbonyl (C=O) groups is 3. The van der Waals surface area contributed by atoms with E-state index < -0.39 is 24.3 Å². The van der Waals surface area contributed by atoms with E-state index in [1.807, 2.05) is 49.4 Å². The molecule has 0 unspecified atom stereocenters. The van der Waals surface area contributed by atoms with Crippen LogP contribution in [0.15, 0.2) is 54.7 Å². The summed E-state index contributed by atoms with van der Waals surface area (Å²) in [7, 11) is 0. The molecular weight excluding hydrogens is 384 g/mol. The monoisotopic (exact) mass is 406 g/mol. The highest BCUT2D eigenvalue weighted by Crippen LogP contribution is 2.32. The van der Waals surface area contributed by atoms with Gasteiger partial charge in [-0.3, -0.25) is 9.59 Å². The number of amides is 1. The van der Waals surface area contributed by atoms with Crippen molar-refractivity contribution in [1.29, 1.82) is 0 Å². The molecule has 7 nitrogen and oxygen atoms in total. The largest absolute Gasteiger partial charge is 0.480 e. The smallest absolute Gasteiger partial charge is 0.341 e. The summed E-state index contributed by atoms with van der Waals surface area (Å²) in [6.07, 6.45) is 6.68. The van der Waals surface area contributed by atoms with Crippen molar-refractivity contribution in [2.75, 3.05) is 6.61 Å². The average Bonchev–Trinajstić information content (AvgIpc) is 3.06. The van der Waals surface area contributed by atoms with Gasteiger partial charge in [-0.15, -0.1) is 0 Å². The molecule has 1 aromatic carbocycles. The lowest BCUT2D eigenvalue weighted by molar-refractivity contribution is -0.139. The van der Waals surface area contributed by atoms with Gasteiger partial charge in [-0.05, 0) is 29.7 Å². The van der Waals surface area contributed by atoms with Gasteiger partial charge in [0, 0.05) is 18.3 Å². The Hall–Kier alpha value is -3.87. The van der Waals surface area contributed by atoms with E-state index in [9.17, 15) is 14.4 Å². The SMILES string of the molecule is CCc1c(C(=O)C(N)=O)c2c(OCC(=O)O)cccn2c1CC=Cc1ccccc1. The highest BCUT2D eigenvalue weighted by molar-refractivity contribution is 6.44. The molecule has 0 saturated heterocycles. The number of nitrogens with two attached hydrogens (primary N) is 1. The molecule has 0 aliphatic rings. The number of benzene rings is 1. The van der Waals surface area contributed by atoms with Crippen LogP contribution in [-0.4, -0.2) is 33.8 Å². The van der Waals surface area contributed by atoms with Crippen molar-refractivity contribution in [2.24, 2.45) is 5.73 Å². The first-order valence-electron chi connectivity index (χ1n) is 9.49. The third-order valence-electron chi connectivity index (χ3n) is 4.71. The van der Waals surface area contributed by atoms with Gasteiger partial charge in [0.25, 0.3) is 11.7 Å². The number of fused-ring (bicyclic) bond motifs is 1. The van der Waals surface area contributed by atoms with Crippen LogP contribution >= 0.6 is 0 Å². The normalized spacial score (nSPS) is 11.1. The van der Waals surface area contributed by atoms with Crippen LogP contribution in [0.5, 0.6) is 5.75 Å². The summed E-state index contributed by atoms with van der Waals surface area (Å²) in [5.41, 5.74) is 8.34. The number of carboxylic acids is 1. The molecule has 30 heavy (non-hydrogen) atoms. The van der Waals surface area contributed by atoms with Crippen molar-refractivity contribution in [3.8, 4) is 5.75 Å². The van der Waals surface area contributed by atoms with Crippen molar-refractivity contribution >= 4 is 29.3 Å². The number of primary amides is 1. The molecule has 154 valence electrons. The molecule has 0 radical (unpaired) electrons. The lowest BCUT2D eigenvalue weighted by Gasteiger charge is -2.08. The van der Waals surface area contributed by atoms with E-state index in [1.165, 1.54) is 0 Å². The zero-order valence-electron chi connectivity index (χ0n) is 16.5. The summed E-state index contributed by atoms with van der Waals surface area (Å²) < 4.78 is 7.16. The maximum absolute atomic E-state index is 12.7. The Kier molecular flexibility index (Phi) is 6.32. The Morgan fingerprint density at radius 3 is 2.50 bits per heavy atom. The second-order valence-electron chi connectivity index (χ2n) is 6.64. The number of aromatic nitrogens is 1. The molecule has 0 aliphatic heterocycles. The van der Waals surface area contributed by atoms with E-state index in [0.717, 1.165) is 11.3 Å². The number of aliphatic carboxylic acids is 1. The number of ether oxygens (including phenoxy) is 1. The predicted molar refractivity (Wildman–Crippen MR) is 113 cm³/mol. The maximum Gasteiger partial charge on any atom is 0.341 e. The van der Waals surface area contributed by atoms with Crippen molar-refractivity contribution < 1.29 is 24.2 Å². The van der Waals surface area contributed by atoms with Crippen molar-refractivity contribution in [3.63, 3.8) is 0 Å². The second-order valence-corrected chi connectivity index (χ2v) is 6.64. The minimum atomic E-state index is -1.15. The highest BCUT2D eigenvalue weighted by atomic mass is 16.5. The molecule has 3 N–H and O–H groups in total. The van der Waals surface area contributed by atoms with Gasteiger partial charge >= 0.3 is 5.97 Å². The van der Waals surface area contributed by atoms with Crippen molar-refractivity contribution in [3.05, 3.63) is 77.1 Å². The minimum Gasteiger partial charge on any atom is -0.480 e. The fraction of sp³-hybridized carbons (Fsp3) is 0.174. The molecule has 2 aromatic heterocycles. The first kappa shape index (κ1) is 20.9. The van der Waals surface area contributed by atoms with Crippen LogP contribution in [0.2, 0.25) is 0 Å². The Labute approximate surface area is 173 Å². The molecule has 0 bridgehead atoms. The van der Waals surface area contributed by atoms with Crippen LogP contribution in [0.1, 0.15) is 34.1 Å². The number of hydrogen-bond acceptors (Lipinski definition) is 4. The van der Waals surface area contributed by atoms with Crippen LogP contribution in [0.25, 0.3) is 11.6 Å².